The molecule has 0 aromatic heterocycles. The van der Waals surface area contributed by atoms with Gasteiger partial charge in [0, 0.05) is 14.1 Å². The minimum Gasteiger partial charge on any atom is -0.478 e. The van der Waals surface area contributed by atoms with Gasteiger partial charge in [-0.2, -0.15) is 0 Å². The Labute approximate surface area is 135 Å². The van der Waals surface area contributed by atoms with Gasteiger partial charge in [-0.3, -0.25) is 0 Å². The minimum absolute atomic E-state index is 0.142. The summed E-state index contributed by atoms with van der Waals surface area (Å²) in [6.45, 7) is 2.22. The standard InChI is InChI=1S/C14H15Br2NO3/c1-5-7-20-13-10(15)8-9(14(18)19-6-2)12(11(13)16)17(3)4/h1,8H,6-7H2,2-4H3. The number of anilines is 1. The number of carbonyl (C=O) groups excluding carboxylic acids is 1. The first-order valence-electron chi connectivity index (χ1n) is 5.86. The Hall–Kier alpha value is -1.19. The molecule has 6 heteroatoms. The fourth-order valence-electron chi connectivity index (χ4n) is 1.64. The van der Waals surface area contributed by atoms with E-state index in [4.69, 9.17) is 15.9 Å². The van der Waals surface area contributed by atoms with Gasteiger partial charge < -0.3 is 14.4 Å². The molecule has 0 bridgehead atoms. The van der Waals surface area contributed by atoms with Crippen molar-refractivity contribution >= 4 is 43.5 Å². The van der Waals surface area contributed by atoms with E-state index in [9.17, 15) is 4.79 Å². The lowest BCUT2D eigenvalue weighted by Crippen LogP contribution is -2.17. The molecule has 1 rings (SSSR count). The molecule has 0 amide bonds. The average Bonchev–Trinajstić information content (AvgIpc) is 2.37. The third-order valence-corrected chi connectivity index (χ3v) is 3.72. The van der Waals surface area contributed by atoms with Gasteiger partial charge in [-0.1, -0.05) is 5.92 Å². The van der Waals surface area contributed by atoms with Crippen LogP contribution in [0.1, 0.15) is 17.3 Å². The molecule has 0 N–H and O–H groups in total. The van der Waals surface area contributed by atoms with Gasteiger partial charge in [0.15, 0.2) is 5.75 Å². The SMILES string of the molecule is C#CCOc1c(Br)cc(C(=O)OCC)c(N(C)C)c1Br. The first-order chi connectivity index (χ1) is 9.43. The molecular weight excluding hydrogens is 390 g/mol. The number of terminal acetylenes is 1. The van der Waals surface area contributed by atoms with E-state index in [1.54, 1.807) is 13.0 Å². The van der Waals surface area contributed by atoms with Crippen molar-refractivity contribution in [3.05, 3.63) is 20.6 Å². The number of nitrogens with zero attached hydrogens (tertiary/aromatic N) is 1. The predicted molar refractivity (Wildman–Crippen MR) is 86.5 cm³/mol. The summed E-state index contributed by atoms with van der Waals surface area (Å²) >= 11 is 6.84. The van der Waals surface area contributed by atoms with Crippen LogP contribution in [0.4, 0.5) is 5.69 Å². The molecular formula is C14H15Br2NO3. The Kier molecular flexibility index (Phi) is 6.37. The zero-order valence-electron chi connectivity index (χ0n) is 11.5. The molecule has 0 atom stereocenters. The average molecular weight is 405 g/mol. The first kappa shape index (κ1) is 16.9. The van der Waals surface area contributed by atoms with E-state index in [-0.39, 0.29) is 12.6 Å². The molecule has 0 heterocycles. The van der Waals surface area contributed by atoms with Crippen molar-refractivity contribution in [2.75, 3.05) is 32.2 Å². The third kappa shape index (κ3) is 3.68. The second kappa shape index (κ2) is 7.55. The van der Waals surface area contributed by atoms with Gasteiger partial charge in [0.1, 0.15) is 6.61 Å². The predicted octanol–water partition coefficient (Wildman–Crippen LogP) is 3.47. The van der Waals surface area contributed by atoms with Crippen LogP contribution in [0.2, 0.25) is 0 Å². The maximum Gasteiger partial charge on any atom is 0.340 e. The molecule has 20 heavy (non-hydrogen) atoms. The number of esters is 1. The minimum atomic E-state index is -0.388. The highest BCUT2D eigenvalue weighted by molar-refractivity contribution is 9.11. The van der Waals surface area contributed by atoms with Crippen LogP contribution < -0.4 is 9.64 Å². The second-order valence-electron chi connectivity index (χ2n) is 4.01. The molecule has 1 aromatic carbocycles. The van der Waals surface area contributed by atoms with E-state index < -0.39 is 0 Å². The van der Waals surface area contributed by atoms with Crippen molar-refractivity contribution in [3.8, 4) is 18.1 Å². The number of hydrogen-bond donors (Lipinski definition) is 0. The lowest BCUT2D eigenvalue weighted by Gasteiger charge is -2.21. The van der Waals surface area contributed by atoms with Crippen LogP contribution >= 0.6 is 31.9 Å². The van der Waals surface area contributed by atoms with Gasteiger partial charge in [0.25, 0.3) is 0 Å². The quantitative estimate of drug-likeness (QED) is 0.556. The highest BCUT2D eigenvalue weighted by Crippen LogP contribution is 2.42. The maximum atomic E-state index is 12.0. The summed E-state index contributed by atoms with van der Waals surface area (Å²) in [5, 5.41) is 0. The molecule has 0 saturated carbocycles. The Balaban J connectivity index is 3.41. The van der Waals surface area contributed by atoms with Crippen LogP contribution in [0.5, 0.6) is 5.75 Å². The number of carbonyl (C=O) groups is 1. The molecule has 1 aromatic rings. The molecule has 0 radical (unpaired) electrons. The van der Waals surface area contributed by atoms with Crippen LogP contribution in [0.25, 0.3) is 0 Å². The Morgan fingerprint density at radius 2 is 2.10 bits per heavy atom. The van der Waals surface area contributed by atoms with Crippen LogP contribution in [0, 0.1) is 12.3 Å². The molecule has 4 nitrogen and oxygen atoms in total. The van der Waals surface area contributed by atoms with Crippen LogP contribution in [-0.4, -0.2) is 33.3 Å². The summed E-state index contributed by atoms with van der Waals surface area (Å²) in [5.74, 6) is 2.58. The number of ether oxygens (including phenoxy) is 2. The lowest BCUT2D eigenvalue weighted by atomic mass is 10.1. The number of rotatable bonds is 5. The zero-order valence-corrected chi connectivity index (χ0v) is 14.7. The van der Waals surface area contributed by atoms with E-state index in [2.05, 4.69) is 37.8 Å². The summed E-state index contributed by atoms with van der Waals surface area (Å²) in [5.41, 5.74) is 1.13. The molecule has 0 aliphatic heterocycles. The lowest BCUT2D eigenvalue weighted by molar-refractivity contribution is 0.0527. The van der Waals surface area contributed by atoms with Gasteiger partial charge in [-0.05, 0) is 44.8 Å². The summed E-state index contributed by atoms with van der Waals surface area (Å²) < 4.78 is 11.8. The van der Waals surface area contributed by atoms with Gasteiger partial charge in [0.05, 0.1) is 26.8 Å². The van der Waals surface area contributed by atoms with Gasteiger partial charge in [-0.25, -0.2) is 4.79 Å². The van der Waals surface area contributed by atoms with Crippen molar-refractivity contribution in [3.63, 3.8) is 0 Å². The van der Waals surface area contributed by atoms with E-state index in [0.29, 0.717) is 32.6 Å². The van der Waals surface area contributed by atoms with Crippen molar-refractivity contribution in [2.24, 2.45) is 0 Å². The zero-order chi connectivity index (χ0) is 15.3. The van der Waals surface area contributed by atoms with E-state index in [0.717, 1.165) is 0 Å². The molecule has 0 spiro atoms. The van der Waals surface area contributed by atoms with Crippen molar-refractivity contribution in [2.45, 2.75) is 6.92 Å². The Bertz CT molecular complexity index is 550. The molecule has 0 aliphatic carbocycles. The monoisotopic (exact) mass is 403 g/mol. The fourth-order valence-corrected chi connectivity index (χ4v) is 3.34. The fraction of sp³-hybridized carbons (Fsp3) is 0.357. The summed E-state index contributed by atoms with van der Waals surface area (Å²) in [4.78, 5) is 13.8. The normalized spacial score (nSPS) is 9.80. The highest BCUT2D eigenvalue weighted by Gasteiger charge is 2.23. The van der Waals surface area contributed by atoms with Crippen LogP contribution in [0.3, 0.4) is 0 Å². The Morgan fingerprint density at radius 3 is 2.60 bits per heavy atom. The molecule has 0 unspecified atom stereocenters. The van der Waals surface area contributed by atoms with E-state index >= 15 is 0 Å². The largest absolute Gasteiger partial charge is 0.478 e. The van der Waals surface area contributed by atoms with Gasteiger partial charge in [0.2, 0.25) is 0 Å². The summed E-state index contributed by atoms with van der Waals surface area (Å²) in [6.07, 6.45) is 5.20. The second-order valence-corrected chi connectivity index (χ2v) is 5.65. The molecule has 108 valence electrons. The third-order valence-electron chi connectivity index (χ3n) is 2.39. The number of halogens is 2. The maximum absolute atomic E-state index is 12.0. The van der Waals surface area contributed by atoms with Crippen molar-refractivity contribution in [1.29, 1.82) is 0 Å². The molecule has 0 saturated heterocycles. The van der Waals surface area contributed by atoms with Crippen LogP contribution in [0.15, 0.2) is 15.0 Å². The summed E-state index contributed by atoms with van der Waals surface area (Å²) in [6, 6.07) is 1.67. The van der Waals surface area contributed by atoms with Crippen molar-refractivity contribution < 1.29 is 14.3 Å². The molecule has 0 fully saturated rings. The first-order valence-corrected chi connectivity index (χ1v) is 7.45. The summed E-state index contributed by atoms with van der Waals surface area (Å²) in [7, 11) is 3.67. The van der Waals surface area contributed by atoms with Crippen LogP contribution in [-0.2, 0) is 4.74 Å². The van der Waals surface area contributed by atoms with E-state index in [1.807, 2.05) is 19.0 Å². The number of benzene rings is 1. The number of hydrogen-bond acceptors (Lipinski definition) is 4. The van der Waals surface area contributed by atoms with E-state index in [1.165, 1.54) is 0 Å². The molecule has 0 aliphatic rings. The Morgan fingerprint density at radius 1 is 1.45 bits per heavy atom. The topological polar surface area (TPSA) is 38.8 Å². The van der Waals surface area contributed by atoms with Gasteiger partial charge in [-0.15, -0.1) is 6.42 Å². The smallest absolute Gasteiger partial charge is 0.340 e. The van der Waals surface area contributed by atoms with Gasteiger partial charge >= 0.3 is 5.97 Å². The highest BCUT2D eigenvalue weighted by atomic mass is 79.9. The van der Waals surface area contributed by atoms with Crippen molar-refractivity contribution in [1.82, 2.24) is 0 Å².